The molecule has 0 N–H and O–H groups in total. The van der Waals surface area contributed by atoms with Crippen LogP contribution in [-0.2, 0) is 0 Å². The molecule has 6 rings (SSSR count). The summed E-state index contributed by atoms with van der Waals surface area (Å²) < 4.78 is 8.26. The molecule has 3 heterocycles. The molecule has 0 atom stereocenters. The molecule has 3 aromatic carbocycles. The van der Waals surface area contributed by atoms with E-state index in [1.54, 1.807) is 11.3 Å². The van der Waals surface area contributed by atoms with E-state index in [4.69, 9.17) is 9.40 Å². The van der Waals surface area contributed by atoms with Gasteiger partial charge < -0.3 is 4.42 Å². The maximum absolute atomic E-state index is 6.15. The summed E-state index contributed by atoms with van der Waals surface area (Å²) in [4.78, 5) is 5.63. The lowest BCUT2D eigenvalue weighted by molar-refractivity contribution is 0.628. The van der Waals surface area contributed by atoms with Crippen LogP contribution >= 0.6 is 11.3 Å². The van der Waals surface area contributed by atoms with Crippen LogP contribution in [0.4, 0.5) is 11.5 Å². The Morgan fingerprint density at radius 2 is 1.55 bits per heavy atom. The molecular weight excluding hydrogens is 404 g/mol. The van der Waals surface area contributed by atoms with E-state index in [1.807, 2.05) is 66.7 Å². The monoisotopic (exact) mass is 420 g/mol. The van der Waals surface area contributed by atoms with E-state index in [-0.39, 0.29) is 0 Å². The smallest absolute Gasteiger partial charge is 0.202 e. The van der Waals surface area contributed by atoms with Gasteiger partial charge in [-0.2, -0.15) is 4.98 Å². The summed E-state index contributed by atoms with van der Waals surface area (Å²) in [5.41, 5.74) is 4.51. The summed E-state index contributed by atoms with van der Waals surface area (Å²) in [6.07, 6.45) is 0. The number of fused-ring (bicyclic) bond motifs is 2. The van der Waals surface area contributed by atoms with Crippen molar-refractivity contribution in [2.45, 2.75) is 0 Å². The molecule has 0 fully saturated rings. The highest BCUT2D eigenvalue weighted by molar-refractivity contribution is 7.15. The number of nitrogens with zero attached hydrogens (tertiary/aromatic N) is 4. The van der Waals surface area contributed by atoms with Crippen LogP contribution in [0.5, 0.6) is 0 Å². The molecule has 0 amide bonds. The molecule has 0 aliphatic carbocycles. The van der Waals surface area contributed by atoms with Gasteiger partial charge in [0, 0.05) is 16.3 Å². The summed E-state index contributed by atoms with van der Waals surface area (Å²) >= 11 is 1.56. The molecule has 0 spiro atoms. The van der Waals surface area contributed by atoms with Crippen LogP contribution in [0, 0.1) is 0 Å². The van der Waals surface area contributed by atoms with E-state index < -0.39 is 0 Å². The van der Waals surface area contributed by atoms with E-state index in [1.165, 1.54) is 0 Å². The van der Waals surface area contributed by atoms with E-state index in [2.05, 4.69) is 44.3 Å². The topological polar surface area (TPSA) is 55.2 Å². The third-order valence-corrected chi connectivity index (χ3v) is 5.91. The molecule has 0 saturated heterocycles. The molecule has 3 aromatic heterocycles. The van der Waals surface area contributed by atoms with E-state index in [0.717, 1.165) is 44.3 Å². The Hall–Kier alpha value is -4.03. The number of para-hydroxylation sites is 1. The van der Waals surface area contributed by atoms with Gasteiger partial charge in [-0.15, -0.1) is 21.6 Å². The highest BCUT2D eigenvalue weighted by Crippen LogP contribution is 2.39. The normalized spacial score (nSPS) is 11.7. The molecule has 0 saturated carbocycles. The van der Waals surface area contributed by atoms with Crippen molar-refractivity contribution in [3.63, 3.8) is 0 Å². The Kier molecular flexibility index (Phi) is 4.21. The maximum atomic E-state index is 6.15. The third kappa shape index (κ3) is 3.14. The number of furan rings is 1. The van der Waals surface area contributed by atoms with Crippen LogP contribution in [0.3, 0.4) is 0 Å². The van der Waals surface area contributed by atoms with Gasteiger partial charge >= 0.3 is 0 Å². The quantitative estimate of drug-likeness (QED) is 0.272. The van der Waals surface area contributed by atoms with Crippen LogP contribution in [0.15, 0.2) is 111 Å². The molecule has 148 valence electrons. The Labute approximate surface area is 182 Å². The zero-order chi connectivity index (χ0) is 20.6. The Morgan fingerprint density at radius 1 is 0.806 bits per heavy atom. The SMILES string of the molecule is c1ccc(N=Nc2nc3scc(-c4cc5ccccc5o4)n3c2-c2ccccc2)cc1. The van der Waals surface area contributed by atoms with E-state index in [9.17, 15) is 0 Å². The van der Waals surface area contributed by atoms with Gasteiger partial charge in [-0.1, -0.05) is 66.7 Å². The average molecular weight is 420 g/mol. The van der Waals surface area contributed by atoms with Crippen molar-refractivity contribution in [1.29, 1.82) is 0 Å². The van der Waals surface area contributed by atoms with Gasteiger partial charge in [-0.25, -0.2) is 0 Å². The van der Waals surface area contributed by atoms with Crippen molar-refractivity contribution in [2.24, 2.45) is 10.2 Å². The summed E-state index contributed by atoms with van der Waals surface area (Å²) in [6, 6.07) is 29.9. The second-order valence-corrected chi connectivity index (χ2v) is 7.91. The van der Waals surface area contributed by atoms with Gasteiger partial charge in [0.25, 0.3) is 0 Å². The predicted molar refractivity (Wildman–Crippen MR) is 124 cm³/mol. The Balaban J connectivity index is 1.57. The van der Waals surface area contributed by atoms with E-state index >= 15 is 0 Å². The van der Waals surface area contributed by atoms with Crippen molar-refractivity contribution in [3.8, 4) is 22.7 Å². The molecule has 31 heavy (non-hydrogen) atoms. The fraction of sp³-hybridized carbons (Fsp3) is 0. The molecule has 0 aliphatic heterocycles. The van der Waals surface area contributed by atoms with Crippen molar-refractivity contribution in [3.05, 3.63) is 96.4 Å². The second-order valence-electron chi connectivity index (χ2n) is 7.07. The minimum atomic E-state index is 0.583. The zero-order valence-corrected chi connectivity index (χ0v) is 17.2. The molecule has 0 radical (unpaired) electrons. The summed E-state index contributed by atoms with van der Waals surface area (Å²) in [6.45, 7) is 0. The zero-order valence-electron chi connectivity index (χ0n) is 16.3. The van der Waals surface area contributed by atoms with Crippen LogP contribution < -0.4 is 0 Å². The summed E-state index contributed by atoms with van der Waals surface area (Å²) in [5.74, 6) is 1.38. The molecule has 0 aliphatic rings. The number of imidazole rings is 1. The average Bonchev–Trinajstić information content (AvgIpc) is 3.51. The van der Waals surface area contributed by atoms with Gasteiger partial charge in [-0.3, -0.25) is 4.40 Å². The molecule has 0 unspecified atom stereocenters. The van der Waals surface area contributed by atoms with Crippen LogP contribution in [0.1, 0.15) is 0 Å². The van der Waals surface area contributed by atoms with Gasteiger partial charge in [0.2, 0.25) is 5.82 Å². The number of hydrogen-bond acceptors (Lipinski definition) is 5. The second kappa shape index (κ2) is 7.34. The number of benzene rings is 3. The van der Waals surface area contributed by atoms with Crippen molar-refractivity contribution >= 4 is 38.8 Å². The fourth-order valence-electron chi connectivity index (χ4n) is 3.65. The molecule has 6 heteroatoms. The first kappa shape index (κ1) is 17.8. The van der Waals surface area contributed by atoms with Crippen molar-refractivity contribution in [2.75, 3.05) is 0 Å². The van der Waals surface area contributed by atoms with Gasteiger partial charge in [0.1, 0.15) is 17.0 Å². The number of thiazole rings is 1. The summed E-state index contributed by atoms with van der Waals surface area (Å²) in [5, 5.41) is 12.1. The minimum absolute atomic E-state index is 0.583. The lowest BCUT2D eigenvalue weighted by Crippen LogP contribution is -1.88. The predicted octanol–water partition coefficient (Wildman–Crippen LogP) is 7.89. The number of hydrogen-bond donors (Lipinski definition) is 0. The highest BCUT2D eigenvalue weighted by Gasteiger charge is 2.21. The number of rotatable bonds is 4. The number of aromatic nitrogens is 2. The van der Waals surface area contributed by atoms with Crippen LogP contribution in [0.25, 0.3) is 38.6 Å². The highest BCUT2D eigenvalue weighted by atomic mass is 32.1. The number of azo groups is 1. The summed E-state index contributed by atoms with van der Waals surface area (Å²) in [7, 11) is 0. The van der Waals surface area contributed by atoms with E-state index in [0.29, 0.717) is 5.82 Å². The minimum Gasteiger partial charge on any atom is -0.454 e. The Morgan fingerprint density at radius 3 is 2.35 bits per heavy atom. The lowest BCUT2D eigenvalue weighted by Gasteiger charge is -2.04. The van der Waals surface area contributed by atoms with Gasteiger partial charge in [0.05, 0.1) is 5.69 Å². The van der Waals surface area contributed by atoms with Gasteiger partial charge in [0.15, 0.2) is 10.7 Å². The molecule has 0 bridgehead atoms. The van der Waals surface area contributed by atoms with Crippen LogP contribution in [0.2, 0.25) is 0 Å². The first-order valence-corrected chi connectivity index (χ1v) is 10.8. The third-order valence-electron chi connectivity index (χ3n) is 5.09. The molecular formula is C25H16N4OS. The standard InChI is InChI=1S/C25H16N4OS/c1-3-9-17(10-4-1)23-24(28-27-19-12-5-2-6-13-19)26-25-29(23)20(16-31-25)22-15-18-11-7-8-14-21(18)30-22/h1-16H. The lowest BCUT2D eigenvalue weighted by atomic mass is 10.1. The molecule has 5 nitrogen and oxygen atoms in total. The van der Waals surface area contributed by atoms with Crippen molar-refractivity contribution < 1.29 is 4.42 Å². The largest absolute Gasteiger partial charge is 0.454 e. The van der Waals surface area contributed by atoms with Gasteiger partial charge in [-0.05, 0) is 24.3 Å². The molecule has 6 aromatic rings. The van der Waals surface area contributed by atoms with Crippen LogP contribution in [-0.4, -0.2) is 9.38 Å². The Bertz CT molecular complexity index is 1490. The van der Waals surface area contributed by atoms with Crippen molar-refractivity contribution in [1.82, 2.24) is 9.38 Å². The first-order valence-electron chi connectivity index (χ1n) is 9.88. The maximum Gasteiger partial charge on any atom is 0.202 e. The first-order chi connectivity index (χ1) is 15.4. The fourth-order valence-corrected chi connectivity index (χ4v) is 4.53.